The average Bonchev–Trinajstić information content (AvgIpc) is 2.86. The van der Waals surface area contributed by atoms with Crippen molar-refractivity contribution in [2.45, 2.75) is 51.2 Å². The summed E-state index contributed by atoms with van der Waals surface area (Å²) in [7, 11) is -4.13. The number of anilines is 1. The number of sulfonamides is 1. The van der Waals surface area contributed by atoms with Gasteiger partial charge in [-0.05, 0) is 69.2 Å². The second kappa shape index (κ2) is 12.3. The Morgan fingerprint density at radius 3 is 2.08 bits per heavy atom. The van der Waals surface area contributed by atoms with Gasteiger partial charge in [-0.15, -0.1) is 0 Å². The number of hydrogen-bond donors (Lipinski definition) is 1. The zero-order chi connectivity index (χ0) is 27.2. The number of nitrogens with one attached hydrogen (secondary N) is 1. The Labute approximate surface area is 224 Å². The summed E-state index contributed by atoms with van der Waals surface area (Å²) in [5.74, 6) is -0.821. The molecule has 1 atom stereocenters. The lowest BCUT2D eigenvalue weighted by Crippen LogP contribution is -2.52. The van der Waals surface area contributed by atoms with Gasteiger partial charge in [-0.2, -0.15) is 0 Å². The van der Waals surface area contributed by atoms with Gasteiger partial charge in [0.1, 0.15) is 12.6 Å². The van der Waals surface area contributed by atoms with Gasteiger partial charge in [0.2, 0.25) is 11.8 Å². The normalized spacial score (nSPS) is 12.2. The van der Waals surface area contributed by atoms with E-state index in [0.29, 0.717) is 16.3 Å². The number of nitrogens with zero attached hydrogens (tertiary/aromatic N) is 2. The van der Waals surface area contributed by atoms with Crippen LogP contribution in [0.5, 0.6) is 0 Å². The number of aryl methyl sites for hydroxylation is 1. The van der Waals surface area contributed by atoms with Crippen LogP contribution in [-0.2, 0) is 26.2 Å². The molecule has 3 aromatic carbocycles. The molecule has 37 heavy (non-hydrogen) atoms. The lowest BCUT2D eigenvalue weighted by molar-refractivity contribution is -0.139. The van der Waals surface area contributed by atoms with Gasteiger partial charge in [0.05, 0.1) is 10.6 Å². The third-order valence-corrected chi connectivity index (χ3v) is 7.88. The topological polar surface area (TPSA) is 86.8 Å². The van der Waals surface area contributed by atoms with Gasteiger partial charge >= 0.3 is 0 Å². The van der Waals surface area contributed by atoms with Gasteiger partial charge < -0.3 is 10.2 Å². The van der Waals surface area contributed by atoms with Gasteiger partial charge in [-0.1, -0.05) is 60.1 Å². The van der Waals surface area contributed by atoms with Gasteiger partial charge in [-0.25, -0.2) is 8.42 Å². The summed E-state index contributed by atoms with van der Waals surface area (Å²) in [6.07, 6.45) is 0. The predicted octanol–water partition coefficient (Wildman–Crippen LogP) is 4.79. The second-order valence-electron chi connectivity index (χ2n) is 9.10. The number of rotatable bonds is 10. The van der Waals surface area contributed by atoms with E-state index in [1.54, 1.807) is 38.1 Å². The third kappa shape index (κ3) is 7.11. The Morgan fingerprint density at radius 1 is 0.892 bits per heavy atom. The highest BCUT2D eigenvalue weighted by atomic mass is 35.5. The van der Waals surface area contributed by atoms with Crippen molar-refractivity contribution in [2.24, 2.45) is 0 Å². The molecule has 0 saturated heterocycles. The fourth-order valence-electron chi connectivity index (χ4n) is 3.86. The van der Waals surface area contributed by atoms with Crippen molar-refractivity contribution in [2.75, 3.05) is 10.8 Å². The minimum Gasteiger partial charge on any atom is -0.352 e. The second-order valence-corrected chi connectivity index (χ2v) is 11.4. The first-order chi connectivity index (χ1) is 17.5. The van der Waals surface area contributed by atoms with Crippen molar-refractivity contribution >= 4 is 39.1 Å². The highest BCUT2D eigenvalue weighted by Crippen LogP contribution is 2.28. The Morgan fingerprint density at radius 2 is 1.49 bits per heavy atom. The summed E-state index contributed by atoms with van der Waals surface area (Å²) in [5.41, 5.74) is 1.89. The first-order valence-corrected chi connectivity index (χ1v) is 13.8. The van der Waals surface area contributed by atoms with Crippen LogP contribution >= 0.6 is 11.6 Å². The smallest absolute Gasteiger partial charge is 0.264 e. The van der Waals surface area contributed by atoms with Crippen molar-refractivity contribution in [3.8, 4) is 0 Å². The first kappa shape index (κ1) is 28.2. The molecule has 0 saturated carbocycles. The lowest BCUT2D eigenvalue weighted by atomic mass is 10.1. The molecule has 0 fully saturated rings. The molecule has 0 radical (unpaired) electrons. The highest BCUT2D eigenvalue weighted by molar-refractivity contribution is 7.92. The average molecular weight is 542 g/mol. The van der Waals surface area contributed by atoms with Crippen LogP contribution in [0.1, 0.15) is 31.9 Å². The zero-order valence-corrected chi connectivity index (χ0v) is 23.0. The largest absolute Gasteiger partial charge is 0.352 e. The van der Waals surface area contributed by atoms with E-state index in [-0.39, 0.29) is 23.4 Å². The Balaban J connectivity index is 2.03. The van der Waals surface area contributed by atoms with Crippen LogP contribution in [0.3, 0.4) is 0 Å². The molecule has 3 rings (SSSR count). The van der Waals surface area contributed by atoms with Crippen molar-refractivity contribution in [1.29, 1.82) is 0 Å². The van der Waals surface area contributed by atoms with Gasteiger partial charge in [0, 0.05) is 17.6 Å². The molecule has 9 heteroatoms. The maximum Gasteiger partial charge on any atom is 0.264 e. The van der Waals surface area contributed by atoms with Crippen LogP contribution in [0.4, 0.5) is 5.69 Å². The molecule has 0 spiro atoms. The third-order valence-electron chi connectivity index (χ3n) is 5.86. The molecule has 0 aromatic heterocycles. The Hall–Kier alpha value is -3.36. The SMILES string of the molecule is Cc1ccccc1N(CC(=O)N(Cc1ccccc1)[C@H](C)C(=O)NC(C)C)S(=O)(=O)c1ccc(Cl)cc1. The summed E-state index contributed by atoms with van der Waals surface area (Å²) in [4.78, 5) is 28.1. The van der Waals surface area contributed by atoms with Gasteiger partial charge in [0.15, 0.2) is 0 Å². The standard InChI is InChI=1S/C28H32ClN3O4S/c1-20(2)30-28(34)22(4)31(18-23-11-6-5-7-12-23)27(33)19-32(26-13-9-8-10-21(26)3)37(35,36)25-16-14-24(29)15-17-25/h5-17,20,22H,18-19H2,1-4H3,(H,30,34)/t22-/m1/s1. The molecule has 0 aliphatic rings. The van der Waals surface area contributed by atoms with E-state index in [9.17, 15) is 18.0 Å². The molecule has 0 bridgehead atoms. The van der Waals surface area contributed by atoms with E-state index < -0.39 is 28.5 Å². The van der Waals surface area contributed by atoms with Gasteiger partial charge in [-0.3, -0.25) is 13.9 Å². The van der Waals surface area contributed by atoms with Crippen LogP contribution in [0.15, 0.2) is 83.8 Å². The Kier molecular flexibility index (Phi) is 9.34. The molecular weight excluding hydrogens is 510 g/mol. The number of carbonyl (C=O) groups is 2. The number of carbonyl (C=O) groups excluding carboxylic acids is 2. The summed E-state index contributed by atoms with van der Waals surface area (Å²) in [5, 5.41) is 3.24. The molecule has 0 aliphatic heterocycles. The van der Waals surface area contributed by atoms with Gasteiger partial charge in [0.25, 0.3) is 10.0 Å². The van der Waals surface area contributed by atoms with E-state index >= 15 is 0 Å². The van der Waals surface area contributed by atoms with Crippen LogP contribution in [-0.4, -0.2) is 43.8 Å². The molecule has 0 unspecified atom stereocenters. The molecule has 196 valence electrons. The summed E-state index contributed by atoms with van der Waals surface area (Å²) >= 11 is 5.98. The van der Waals surface area contributed by atoms with Crippen LogP contribution in [0, 0.1) is 6.92 Å². The fraction of sp³-hybridized carbons (Fsp3) is 0.286. The number of halogens is 1. The first-order valence-electron chi connectivity index (χ1n) is 12.0. The number of hydrogen-bond acceptors (Lipinski definition) is 4. The predicted molar refractivity (Wildman–Crippen MR) is 147 cm³/mol. The lowest BCUT2D eigenvalue weighted by Gasteiger charge is -2.32. The highest BCUT2D eigenvalue weighted by Gasteiger charge is 2.33. The summed E-state index contributed by atoms with van der Waals surface area (Å²) < 4.78 is 28.7. The fourth-order valence-corrected chi connectivity index (χ4v) is 5.46. The molecule has 0 heterocycles. The molecule has 0 aliphatic carbocycles. The molecule has 1 N–H and O–H groups in total. The number of amides is 2. The Bertz CT molecular complexity index is 1330. The van der Waals surface area contributed by atoms with Crippen molar-refractivity contribution in [3.63, 3.8) is 0 Å². The molecule has 3 aromatic rings. The maximum absolute atomic E-state index is 13.8. The zero-order valence-electron chi connectivity index (χ0n) is 21.4. The van der Waals surface area contributed by atoms with Crippen LogP contribution < -0.4 is 9.62 Å². The maximum atomic E-state index is 13.8. The molecule has 7 nitrogen and oxygen atoms in total. The van der Waals surface area contributed by atoms with Crippen molar-refractivity contribution in [1.82, 2.24) is 10.2 Å². The molecular formula is C28H32ClN3O4S. The summed E-state index contributed by atoms with van der Waals surface area (Å²) in [6, 6.07) is 21.1. The molecule has 2 amide bonds. The number of para-hydroxylation sites is 1. The van der Waals surface area contributed by atoms with Crippen molar-refractivity contribution < 1.29 is 18.0 Å². The van der Waals surface area contributed by atoms with E-state index in [2.05, 4.69) is 5.32 Å². The van der Waals surface area contributed by atoms with Crippen LogP contribution in [0.2, 0.25) is 5.02 Å². The monoisotopic (exact) mass is 541 g/mol. The minimum absolute atomic E-state index is 0.00756. The van der Waals surface area contributed by atoms with E-state index in [1.165, 1.54) is 29.2 Å². The van der Waals surface area contributed by atoms with E-state index in [4.69, 9.17) is 11.6 Å². The minimum atomic E-state index is -4.13. The van der Waals surface area contributed by atoms with Crippen molar-refractivity contribution in [3.05, 3.63) is 95.0 Å². The quantitative estimate of drug-likeness (QED) is 0.400. The van der Waals surface area contributed by atoms with E-state index in [1.807, 2.05) is 44.2 Å². The summed E-state index contributed by atoms with van der Waals surface area (Å²) in [6.45, 7) is 6.77. The van der Waals surface area contributed by atoms with E-state index in [0.717, 1.165) is 9.87 Å². The number of benzene rings is 3. The van der Waals surface area contributed by atoms with Crippen LogP contribution in [0.25, 0.3) is 0 Å².